The van der Waals surface area contributed by atoms with Crippen molar-refractivity contribution in [3.8, 4) is 5.75 Å². The molecule has 0 spiro atoms. The second kappa shape index (κ2) is 5.18. The van der Waals surface area contributed by atoms with E-state index < -0.39 is 5.56 Å². The Morgan fingerprint density at radius 3 is 2.47 bits per heavy atom. The van der Waals surface area contributed by atoms with E-state index in [0.29, 0.717) is 16.8 Å². The monoisotopic (exact) mass is 259 g/mol. The molecule has 0 aliphatic rings. The number of pyridine rings is 1. The van der Waals surface area contributed by atoms with Gasteiger partial charge in [-0.25, -0.2) is 0 Å². The lowest BCUT2D eigenvalue weighted by molar-refractivity contribution is 0.165. The molecule has 0 amide bonds. The van der Waals surface area contributed by atoms with E-state index in [-0.39, 0.29) is 17.2 Å². The van der Waals surface area contributed by atoms with E-state index in [9.17, 15) is 15.1 Å². The molecule has 1 unspecified atom stereocenters. The molecular weight excluding hydrogens is 242 g/mol. The highest BCUT2D eigenvalue weighted by atomic mass is 16.5. The molecule has 2 N–H and O–H groups in total. The number of benzene rings is 1. The third-order valence-electron chi connectivity index (χ3n) is 3.34. The lowest BCUT2D eigenvalue weighted by Crippen LogP contribution is -2.25. The van der Waals surface area contributed by atoms with Crippen LogP contribution in [0.5, 0.6) is 5.75 Å². The molecule has 0 fully saturated rings. The molecule has 4 heteroatoms. The van der Waals surface area contributed by atoms with E-state index >= 15 is 0 Å². The number of aromatic nitrogens is 1. The summed E-state index contributed by atoms with van der Waals surface area (Å²) in [7, 11) is 0. The Hall–Kier alpha value is -2.23. The maximum absolute atomic E-state index is 12.1. The first-order valence-corrected chi connectivity index (χ1v) is 6.26. The van der Waals surface area contributed by atoms with Crippen molar-refractivity contribution in [2.75, 3.05) is 0 Å². The van der Waals surface area contributed by atoms with Crippen LogP contribution in [0.25, 0.3) is 0 Å². The molecule has 2 rings (SSSR count). The number of aryl methyl sites for hydroxylation is 1. The Bertz CT molecular complexity index is 632. The van der Waals surface area contributed by atoms with Gasteiger partial charge in [-0.3, -0.25) is 4.79 Å². The highest BCUT2D eigenvalue weighted by molar-refractivity contribution is 5.40. The normalized spacial score (nSPS) is 12.3. The van der Waals surface area contributed by atoms with Crippen molar-refractivity contribution >= 4 is 0 Å². The van der Waals surface area contributed by atoms with E-state index in [2.05, 4.69) is 0 Å². The molecule has 1 aromatic heterocycles. The molecule has 0 aliphatic heterocycles. The van der Waals surface area contributed by atoms with Gasteiger partial charge < -0.3 is 10.3 Å². The quantitative estimate of drug-likeness (QED) is 0.833. The lowest BCUT2D eigenvalue weighted by atomic mass is 9.89. The van der Waals surface area contributed by atoms with E-state index in [1.165, 1.54) is 6.07 Å². The molecule has 19 heavy (non-hydrogen) atoms. The average molecular weight is 259 g/mol. The predicted octanol–water partition coefficient (Wildman–Crippen LogP) is 2.64. The second-order valence-electron chi connectivity index (χ2n) is 4.57. The van der Waals surface area contributed by atoms with Crippen molar-refractivity contribution < 1.29 is 10.3 Å². The minimum absolute atomic E-state index is 0.0662. The minimum atomic E-state index is -0.562. The summed E-state index contributed by atoms with van der Waals surface area (Å²) in [5.41, 5.74) is 0.936. The molecular formula is C15H17NO3. The second-order valence-corrected chi connectivity index (χ2v) is 4.57. The van der Waals surface area contributed by atoms with Crippen LogP contribution < -0.4 is 5.56 Å². The zero-order valence-corrected chi connectivity index (χ0v) is 11.0. The Labute approximate surface area is 111 Å². The topological polar surface area (TPSA) is 62.5 Å². The van der Waals surface area contributed by atoms with E-state index in [1.54, 1.807) is 6.92 Å². The highest BCUT2D eigenvalue weighted by Gasteiger charge is 2.21. The molecule has 0 saturated carbocycles. The Morgan fingerprint density at radius 2 is 1.89 bits per heavy atom. The largest absolute Gasteiger partial charge is 0.507 e. The molecule has 0 radical (unpaired) electrons. The van der Waals surface area contributed by atoms with Crippen LogP contribution in [0.1, 0.15) is 36.1 Å². The minimum Gasteiger partial charge on any atom is -0.507 e. The molecule has 1 atom stereocenters. The standard InChI is InChI=1S/C15H17NO3/c1-3-12(11-7-5-4-6-8-11)14-13(17)9-10(2)16(19)15(14)18/h4-9,12,17,19H,3H2,1-2H3. The zero-order chi connectivity index (χ0) is 14.0. The Morgan fingerprint density at radius 1 is 1.26 bits per heavy atom. The van der Waals surface area contributed by atoms with Crippen molar-refractivity contribution in [1.82, 2.24) is 4.73 Å². The summed E-state index contributed by atoms with van der Waals surface area (Å²) < 4.78 is 0.584. The maximum atomic E-state index is 12.1. The summed E-state index contributed by atoms with van der Waals surface area (Å²) in [6.45, 7) is 3.51. The fourth-order valence-electron chi connectivity index (χ4n) is 2.34. The molecule has 0 aliphatic carbocycles. The SMILES string of the molecule is CCC(c1ccccc1)c1c(O)cc(C)n(O)c1=O. The first kappa shape index (κ1) is 13.2. The van der Waals surface area contributed by atoms with Crippen molar-refractivity contribution in [2.45, 2.75) is 26.2 Å². The Balaban J connectivity index is 2.63. The van der Waals surface area contributed by atoms with Crippen LogP contribution in [0.2, 0.25) is 0 Å². The van der Waals surface area contributed by atoms with Crippen LogP contribution in [0.15, 0.2) is 41.2 Å². The number of rotatable bonds is 3. The van der Waals surface area contributed by atoms with Gasteiger partial charge in [0, 0.05) is 12.0 Å². The van der Waals surface area contributed by atoms with E-state index in [1.807, 2.05) is 37.3 Å². The zero-order valence-electron chi connectivity index (χ0n) is 11.0. The molecule has 0 bridgehead atoms. The fraction of sp³-hybridized carbons (Fsp3) is 0.267. The van der Waals surface area contributed by atoms with E-state index in [0.717, 1.165) is 5.56 Å². The van der Waals surface area contributed by atoms with Crippen LogP contribution >= 0.6 is 0 Å². The number of hydrogen-bond donors (Lipinski definition) is 2. The van der Waals surface area contributed by atoms with Crippen LogP contribution in [-0.2, 0) is 0 Å². The molecule has 1 aromatic carbocycles. The first-order chi connectivity index (χ1) is 9.06. The van der Waals surface area contributed by atoms with Crippen LogP contribution in [0, 0.1) is 6.92 Å². The maximum Gasteiger partial charge on any atom is 0.290 e. The van der Waals surface area contributed by atoms with E-state index in [4.69, 9.17) is 0 Å². The van der Waals surface area contributed by atoms with Crippen molar-refractivity contribution in [1.29, 1.82) is 0 Å². The van der Waals surface area contributed by atoms with Crippen molar-refractivity contribution in [2.24, 2.45) is 0 Å². The highest BCUT2D eigenvalue weighted by Crippen LogP contribution is 2.31. The third kappa shape index (κ3) is 2.34. The summed E-state index contributed by atoms with van der Waals surface area (Å²) in [4.78, 5) is 12.1. The van der Waals surface area contributed by atoms with Gasteiger partial charge in [0.1, 0.15) is 5.75 Å². The molecule has 2 aromatic rings. The summed E-state index contributed by atoms with van der Waals surface area (Å²) in [5.74, 6) is -0.295. The Kier molecular flexibility index (Phi) is 3.60. The van der Waals surface area contributed by atoms with Crippen LogP contribution in [0.3, 0.4) is 0 Å². The summed E-state index contributed by atoms with van der Waals surface area (Å²) >= 11 is 0. The smallest absolute Gasteiger partial charge is 0.290 e. The molecule has 0 saturated heterocycles. The van der Waals surface area contributed by atoms with Crippen LogP contribution in [-0.4, -0.2) is 15.0 Å². The number of nitrogens with zero attached hydrogens (tertiary/aromatic N) is 1. The fourth-order valence-corrected chi connectivity index (χ4v) is 2.34. The van der Waals surface area contributed by atoms with Gasteiger partial charge in [0.05, 0.1) is 11.3 Å². The lowest BCUT2D eigenvalue weighted by Gasteiger charge is -2.17. The predicted molar refractivity (Wildman–Crippen MR) is 72.9 cm³/mol. The number of aromatic hydroxyl groups is 1. The van der Waals surface area contributed by atoms with Crippen LogP contribution in [0.4, 0.5) is 0 Å². The van der Waals surface area contributed by atoms with Gasteiger partial charge in [-0.2, -0.15) is 4.73 Å². The third-order valence-corrected chi connectivity index (χ3v) is 3.34. The first-order valence-electron chi connectivity index (χ1n) is 6.26. The van der Waals surface area contributed by atoms with Crippen molar-refractivity contribution in [3.63, 3.8) is 0 Å². The van der Waals surface area contributed by atoms with Gasteiger partial charge in [-0.1, -0.05) is 37.3 Å². The molecule has 4 nitrogen and oxygen atoms in total. The van der Waals surface area contributed by atoms with Gasteiger partial charge in [0.15, 0.2) is 0 Å². The molecule has 100 valence electrons. The van der Waals surface area contributed by atoms with Gasteiger partial charge >= 0.3 is 0 Å². The van der Waals surface area contributed by atoms with Gasteiger partial charge in [0.2, 0.25) is 0 Å². The summed E-state index contributed by atoms with van der Waals surface area (Å²) in [6.07, 6.45) is 0.663. The molecule has 1 heterocycles. The average Bonchev–Trinajstić information content (AvgIpc) is 2.42. The van der Waals surface area contributed by atoms with Gasteiger partial charge in [-0.15, -0.1) is 0 Å². The van der Waals surface area contributed by atoms with Gasteiger partial charge in [0.25, 0.3) is 5.56 Å². The number of hydrogen-bond acceptors (Lipinski definition) is 3. The van der Waals surface area contributed by atoms with Crippen molar-refractivity contribution in [3.05, 3.63) is 63.6 Å². The summed E-state index contributed by atoms with van der Waals surface area (Å²) in [6, 6.07) is 10.9. The van der Waals surface area contributed by atoms with Gasteiger partial charge in [-0.05, 0) is 18.9 Å². The summed E-state index contributed by atoms with van der Waals surface area (Å²) in [5, 5.41) is 19.7.